The third-order valence-electron chi connectivity index (χ3n) is 5.65. The number of hydrogen-bond donors (Lipinski definition) is 0. The minimum Gasteiger partial charge on any atom is -0.294 e. The van der Waals surface area contributed by atoms with Gasteiger partial charge in [-0.3, -0.25) is 4.79 Å². The Morgan fingerprint density at radius 2 is 1.69 bits per heavy atom. The molecule has 0 fully saturated rings. The SMILES string of the molecule is CCCCCc1ccc2c(c1)Cc1cc(C(=O)CC(C)CCC)ccc1-2. The van der Waals surface area contributed by atoms with Crippen molar-refractivity contribution in [1.29, 1.82) is 0 Å². The maximum absolute atomic E-state index is 12.6. The molecule has 1 heteroatoms. The third-order valence-corrected chi connectivity index (χ3v) is 5.65. The van der Waals surface area contributed by atoms with Crippen molar-refractivity contribution in [3.05, 3.63) is 58.7 Å². The van der Waals surface area contributed by atoms with Crippen molar-refractivity contribution in [3.63, 3.8) is 0 Å². The molecule has 1 nitrogen and oxygen atoms in total. The summed E-state index contributed by atoms with van der Waals surface area (Å²) < 4.78 is 0. The zero-order valence-electron chi connectivity index (χ0n) is 16.6. The number of unbranched alkanes of at least 4 members (excludes halogenated alkanes) is 2. The summed E-state index contributed by atoms with van der Waals surface area (Å²) in [5.41, 5.74) is 7.77. The highest BCUT2D eigenvalue weighted by atomic mass is 16.1. The standard InChI is InChI=1S/C25H32O/c1-4-6-7-9-19-10-12-23-21(15-19)17-22-16-20(11-13-24(22)23)25(26)14-18(3)8-5-2/h10-13,15-16,18H,4-9,14,17H2,1-3H3. The number of carbonyl (C=O) groups excluding carboxylic acids is 1. The van der Waals surface area contributed by atoms with Crippen LogP contribution < -0.4 is 0 Å². The van der Waals surface area contributed by atoms with Gasteiger partial charge in [0.15, 0.2) is 5.78 Å². The monoisotopic (exact) mass is 348 g/mol. The Morgan fingerprint density at radius 1 is 0.962 bits per heavy atom. The van der Waals surface area contributed by atoms with Gasteiger partial charge >= 0.3 is 0 Å². The van der Waals surface area contributed by atoms with Gasteiger partial charge in [0, 0.05) is 12.0 Å². The molecule has 2 aromatic carbocycles. The van der Waals surface area contributed by atoms with Crippen molar-refractivity contribution in [3.8, 4) is 11.1 Å². The first-order valence-corrected chi connectivity index (χ1v) is 10.4. The third kappa shape index (κ3) is 4.26. The number of fused-ring (bicyclic) bond motifs is 3. The van der Waals surface area contributed by atoms with Crippen molar-refractivity contribution in [2.45, 2.75) is 72.1 Å². The lowest BCUT2D eigenvalue weighted by Crippen LogP contribution is -2.06. The Labute approximate surface area is 158 Å². The van der Waals surface area contributed by atoms with Crippen LogP contribution in [0, 0.1) is 5.92 Å². The van der Waals surface area contributed by atoms with E-state index in [9.17, 15) is 4.79 Å². The molecule has 0 heterocycles. The molecular formula is C25H32O. The van der Waals surface area contributed by atoms with Gasteiger partial charge in [-0.15, -0.1) is 0 Å². The molecule has 26 heavy (non-hydrogen) atoms. The van der Waals surface area contributed by atoms with Crippen LogP contribution in [0.2, 0.25) is 0 Å². The lowest BCUT2D eigenvalue weighted by molar-refractivity contribution is 0.0962. The van der Waals surface area contributed by atoms with E-state index in [1.807, 2.05) is 6.07 Å². The summed E-state index contributed by atoms with van der Waals surface area (Å²) in [7, 11) is 0. The second-order valence-electron chi connectivity index (χ2n) is 8.02. The lowest BCUT2D eigenvalue weighted by Gasteiger charge is -2.10. The highest BCUT2D eigenvalue weighted by Gasteiger charge is 2.20. The average molecular weight is 349 g/mol. The Balaban J connectivity index is 1.73. The Bertz CT molecular complexity index is 772. The van der Waals surface area contributed by atoms with Crippen molar-refractivity contribution >= 4 is 5.78 Å². The molecule has 0 spiro atoms. The van der Waals surface area contributed by atoms with Crippen molar-refractivity contribution < 1.29 is 4.79 Å². The summed E-state index contributed by atoms with van der Waals surface area (Å²) in [5, 5.41) is 0. The second-order valence-corrected chi connectivity index (χ2v) is 8.02. The number of benzene rings is 2. The summed E-state index contributed by atoms with van der Waals surface area (Å²) in [6.07, 6.45) is 8.94. The molecular weight excluding hydrogens is 316 g/mol. The summed E-state index contributed by atoms with van der Waals surface area (Å²) in [4.78, 5) is 12.6. The lowest BCUT2D eigenvalue weighted by atomic mass is 9.94. The average Bonchev–Trinajstić information content (AvgIpc) is 2.98. The van der Waals surface area contributed by atoms with Crippen LogP contribution in [0.15, 0.2) is 36.4 Å². The topological polar surface area (TPSA) is 17.1 Å². The molecule has 1 aliphatic rings. The first kappa shape index (κ1) is 18.9. The molecule has 0 saturated carbocycles. The van der Waals surface area contributed by atoms with Gasteiger partial charge in [-0.1, -0.05) is 76.8 Å². The molecule has 0 N–H and O–H groups in total. The minimum atomic E-state index is 0.296. The Kier molecular flexibility index (Phi) is 6.29. The molecule has 1 unspecified atom stereocenters. The van der Waals surface area contributed by atoms with Crippen LogP contribution in [0.5, 0.6) is 0 Å². The van der Waals surface area contributed by atoms with Gasteiger partial charge in [0.05, 0.1) is 0 Å². The Morgan fingerprint density at radius 3 is 2.42 bits per heavy atom. The maximum atomic E-state index is 12.6. The van der Waals surface area contributed by atoms with Gasteiger partial charge in [0.25, 0.3) is 0 Å². The molecule has 0 bridgehead atoms. The van der Waals surface area contributed by atoms with E-state index < -0.39 is 0 Å². The number of rotatable bonds is 9. The van der Waals surface area contributed by atoms with E-state index in [-0.39, 0.29) is 0 Å². The van der Waals surface area contributed by atoms with Crippen molar-refractivity contribution in [2.24, 2.45) is 5.92 Å². The van der Waals surface area contributed by atoms with Gasteiger partial charge < -0.3 is 0 Å². The molecule has 0 aliphatic heterocycles. The molecule has 0 amide bonds. The van der Waals surface area contributed by atoms with E-state index in [1.165, 1.54) is 53.5 Å². The number of ketones is 1. The van der Waals surface area contributed by atoms with Crippen LogP contribution in [-0.4, -0.2) is 5.78 Å². The fourth-order valence-electron chi connectivity index (χ4n) is 4.20. The first-order valence-electron chi connectivity index (χ1n) is 10.4. The number of aryl methyl sites for hydroxylation is 1. The van der Waals surface area contributed by atoms with Crippen LogP contribution in [-0.2, 0) is 12.8 Å². The molecule has 2 aromatic rings. The quantitative estimate of drug-likeness (QED) is 0.300. The first-order chi connectivity index (χ1) is 12.6. The van der Waals surface area contributed by atoms with Gasteiger partial charge in [-0.2, -0.15) is 0 Å². The zero-order valence-corrected chi connectivity index (χ0v) is 16.6. The van der Waals surface area contributed by atoms with Crippen LogP contribution in [0.1, 0.15) is 86.3 Å². The molecule has 0 aromatic heterocycles. The predicted octanol–water partition coefficient (Wildman–Crippen LogP) is 7.00. The summed E-state index contributed by atoms with van der Waals surface area (Å²) >= 11 is 0. The highest BCUT2D eigenvalue weighted by Crippen LogP contribution is 2.38. The normalized spacial score (nSPS) is 13.3. The largest absolute Gasteiger partial charge is 0.294 e. The zero-order chi connectivity index (χ0) is 18.5. The van der Waals surface area contributed by atoms with Crippen LogP contribution >= 0.6 is 0 Å². The number of Topliss-reactive ketones (excluding diaryl/α,β-unsaturated/α-hetero) is 1. The van der Waals surface area contributed by atoms with E-state index in [0.717, 1.165) is 24.8 Å². The molecule has 1 aliphatic carbocycles. The van der Waals surface area contributed by atoms with E-state index in [2.05, 4.69) is 51.1 Å². The van der Waals surface area contributed by atoms with E-state index >= 15 is 0 Å². The highest BCUT2D eigenvalue weighted by molar-refractivity contribution is 5.97. The summed E-state index contributed by atoms with van der Waals surface area (Å²) in [6, 6.07) is 13.3. The smallest absolute Gasteiger partial charge is 0.163 e. The van der Waals surface area contributed by atoms with Gasteiger partial charge in [-0.05, 0) is 59.1 Å². The van der Waals surface area contributed by atoms with Crippen LogP contribution in [0.25, 0.3) is 11.1 Å². The predicted molar refractivity (Wildman–Crippen MR) is 111 cm³/mol. The molecule has 1 atom stereocenters. The van der Waals surface area contributed by atoms with E-state index in [1.54, 1.807) is 0 Å². The maximum Gasteiger partial charge on any atom is 0.163 e. The van der Waals surface area contributed by atoms with Crippen molar-refractivity contribution in [2.75, 3.05) is 0 Å². The van der Waals surface area contributed by atoms with Gasteiger partial charge in [-0.25, -0.2) is 0 Å². The number of carbonyl (C=O) groups is 1. The van der Waals surface area contributed by atoms with E-state index in [0.29, 0.717) is 18.1 Å². The van der Waals surface area contributed by atoms with Crippen LogP contribution in [0.3, 0.4) is 0 Å². The minimum absolute atomic E-state index is 0.296. The summed E-state index contributed by atoms with van der Waals surface area (Å²) in [6.45, 7) is 6.62. The second kappa shape index (κ2) is 8.66. The Hall–Kier alpha value is -1.89. The summed E-state index contributed by atoms with van der Waals surface area (Å²) in [5.74, 6) is 0.772. The van der Waals surface area contributed by atoms with E-state index in [4.69, 9.17) is 0 Å². The molecule has 3 rings (SSSR count). The fourth-order valence-corrected chi connectivity index (χ4v) is 4.20. The molecule has 138 valence electrons. The number of hydrogen-bond acceptors (Lipinski definition) is 1. The fraction of sp³-hybridized carbons (Fsp3) is 0.480. The van der Waals surface area contributed by atoms with Crippen molar-refractivity contribution in [1.82, 2.24) is 0 Å². The molecule has 0 saturated heterocycles. The van der Waals surface area contributed by atoms with Gasteiger partial charge in [0.2, 0.25) is 0 Å². The van der Waals surface area contributed by atoms with Crippen LogP contribution in [0.4, 0.5) is 0 Å². The molecule has 0 radical (unpaired) electrons. The van der Waals surface area contributed by atoms with Gasteiger partial charge in [0.1, 0.15) is 0 Å².